The summed E-state index contributed by atoms with van der Waals surface area (Å²) in [5, 5.41) is 12.3. The van der Waals surface area contributed by atoms with E-state index in [-0.39, 0.29) is 0 Å². The normalized spacial score (nSPS) is 11.2. The molecule has 0 bridgehead atoms. The van der Waals surface area contributed by atoms with Crippen LogP contribution in [0.25, 0.3) is 0 Å². The minimum absolute atomic E-state index is 0.417. The van der Waals surface area contributed by atoms with Crippen LogP contribution >= 0.6 is 7.92 Å². The number of carboxylic acids is 1. The Bertz CT molecular complexity index is 707. The Labute approximate surface area is 156 Å². The van der Waals surface area contributed by atoms with Crippen molar-refractivity contribution in [1.82, 2.24) is 0 Å². The molecule has 1 N–H and O–H groups in total. The third-order valence-electron chi connectivity index (χ3n) is 3.79. The number of carbonyl (C=O) groups is 1. The van der Waals surface area contributed by atoms with Crippen LogP contribution in [0.1, 0.15) is 6.92 Å². The first-order valence-corrected chi connectivity index (χ1v) is 9.78. The number of benzene rings is 3. The second-order valence-electron chi connectivity index (χ2n) is 5.70. The van der Waals surface area contributed by atoms with Gasteiger partial charge in [0.05, 0.1) is 5.92 Å². The van der Waals surface area contributed by atoms with Crippen molar-refractivity contribution in [3.63, 3.8) is 0 Å². The predicted molar refractivity (Wildman–Crippen MR) is 112 cm³/mol. The monoisotopic (exact) mass is 362 g/mol. The maximum absolute atomic E-state index is 9.86. The Balaban J connectivity index is 0.000000298. The summed E-state index contributed by atoms with van der Waals surface area (Å²) < 4.78 is 0. The van der Waals surface area contributed by atoms with Gasteiger partial charge in [-0.05, 0) is 30.8 Å². The van der Waals surface area contributed by atoms with Gasteiger partial charge < -0.3 is 5.11 Å². The molecule has 1 unspecified atom stereocenters. The van der Waals surface area contributed by atoms with Crippen molar-refractivity contribution in [1.29, 1.82) is 0 Å². The highest BCUT2D eigenvalue weighted by Gasteiger charge is 2.14. The fourth-order valence-electron chi connectivity index (χ4n) is 2.28. The topological polar surface area (TPSA) is 37.3 Å². The molecule has 132 valence electrons. The molecule has 0 fully saturated rings. The molecule has 0 aromatic heterocycles. The van der Waals surface area contributed by atoms with Gasteiger partial charge in [0, 0.05) is 0 Å². The average Bonchev–Trinajstić information content (AvgIpc) is 2.70. The van der Waals surface area contributed by atoms with E-state index >= 15 is 0 Å². The van der Waals surface area contributed by atoms with Gasteiger partial charge in [-0.2, -0.15) is 0 Å². The first kappa shape index (κ1) is 19.6. The molecule has 3 rings (SSSR count). The molecular weight excluding hydrogens is 339 g/mol. The van der Waals surface area contributed by atoms with E-state index in [1.54, 1.807) is 6.92 Å². The summed E-state index contributed by atoms with van der Waals surface area (Å²) in [5.41, 5.74) is 0. The number of carboxylic acid groups (broad SMARTS) is 1. The van der Waals surface area contributed by atoms with E-state index in [0.29, 0.717) is 0 Å². The predicted octanol–water partition coefficient (Wildman–Crippen LogP) is 4.34. The molecule has 0 saturated carbocycles. The SMILES string of the molecule is C=CC(C)C(=O)O.c1ccc(P(c2ccccc2)c2ccccc2)cc1. The lowest BCUT2D eigenvalue weighted by Crippen LogP contribution is -2.20. The second-order valence-corrected chi connectivity index (χ2v) is 7.92. The lowest BCUT2D eigenvalue weighted by molar-refractivity contribution is -0.139. The average molecular weight is 362 g/mol. The molecule has 3 aromatic carbocycles. The van der Waals surface area contributed by atoms with Gasteiger partial charge in [-0.1, -0.05) is 97.1 Å². The molecule has 26 heavy (non-hydrogen) atoms. The van der Waals surface area contributed by atoms with E-state index in [0.717, 1.165) is 0 Å². The van der Waals surface area contributed by atoms with Gasteiger partial charge in [-0.25, -0.2) is 0 Å². The molecule has 3 heteroatoms. The fraction of sp³-hybridized carbons (Fsp3) is 0.0870. The van der Waals surface area contributed by atoms with Crippen LogP contribution < -0.4 is 15.9 Å². The summed E-state index contributed by atoms with van der Waals surface area (Å²) in [6, 6.07) is 32.3. The van der Waals surface area contributed by atoms with Crippen molar-refractivity contribution in [2.24, 2.45) is 5.92 Å². The highest BCUT2D eigenvalue weighted by molar-refractivity contribution is 7.79. The highest BCUT2D eigenvalue weighted by atomic mass is 31.1. The zero-order valence-corrected chi connectivity index (χ0v) is 15.7. The van der Waals surface area contributed by atoms with Crippen LogP contribution in [0.15, 0.2) is 104 Å². The summed E-state index contributed by atoms with van der Waals surface area (Å²) in [6.45, 7) is 4.88. The Kier molecular flexibility index (Phi) is 7.79. The van der Waals surface area contributed by atoms with Crippen LogP contribution in [0.5, 0.6) is 0 Å². The van der Waals surface area contributed by atoms with Crippen molar-refractivity contribution in [3.8, 4) is 0 Å². The van der Waals surface area contributed by atoms with E-state index < -0.39 is 19.8 Å². The summed E-state index contributed by atoms with van der Waals surface area (Å²) in [4.78, 5) is 9.86. The van der Waals surface area contributed by atoms with E-state index in [1.807, 2.05) is 0 Å². The van der Waals surface area contributed by atoms with Crippen LogP contribution in [-0.2, 0) is 4.79 Å². The molecule has 2 nitrogen and oxygen atoms in total. The molecule has 0 spiro atoms. The minimum atomic E-state index is -0.824. The van der Waals surface area contributed by atoms with Gasteiger partial charge in [-0.15, -0.1) is 6.58 Å². The van der Waals surface area contributed by atoms with E-state index in [4.69, 9.17) is 5.11 Å². The number of hydrogen-bond donors (Lipinski definition) is 1. The number of rotatable bonds is 5. The van der Waals surface area contributed by atoms with Gasteiger partial charge in [0.15, 0.2) is 0 Å². The van der Waals surface area contributed by atoms with Gasteiger partial charge in [0.25, 0.3) is 0 Å². The first-order chi connectivity index (χ1) is 12.6. The molecule has 0 aliphatic rings. The Hall–Kier alpha value is -2.70. The van der Waals surface area contributed by atoms with Crippen molar-refractivity contribution >= 4 is 29.8 Å². The van der Waals surface area contributed by atoms with E-state index in [1.165, 1.54) is 22.0 Å². The standard InChI is InChI=1S/C18H15P.C5H8O2/c1-4-10-16(11-5-1)19(17-12-6-2-7-13-17)18-14-8-3-9-15-18;1-3-4(2)5(6)7/h1-15H;3-4H,1H2,2H3,(H,6,7). The zero-order chi connectivity index (χ0) is 18.8. The zero-order valence-electron chi connectivity index (χ0n) is 14.8. The maximum atomic E-state index is 9.86. The fourth-order valence-corrected chi connectivity index (χ4v) is 4.58. The smallest absolute Gasteiger partial charge is 0.310 e. The lowest BCUT2D eigenvalue weighted by atomic mass is 10.2. The minimum Gasteiger partial charge on any atom is -0.481 e. The quantitative estimate of drug-likeness (QED) is 0.542. The van der Waals surface area contributed by atoms with Gasteiger partial charge in [0.2, 0.25) is 0 Å². The molecule has 0 radical (unpaired) electrons. The lowest BCUT2D eigenvalue weighted by Gasteiger charge is -2.18. The first-order valence-electron chi connectivity index (χ1n) is 8.44. The largest absolute Gasteiger partial charge is 0.481 e. The molecule has 0 aliphatic carbocycles. The maximum Gasteiger partial charge on any atom is 0.310 e. The van der Waals surface area contributed by atoms with Crippen LogP contribution in [0.2, 0.25) is 0 Å². The van der Waals surface area contributed by atoms with E-state index in [2.05, 4.69) is 97.6 Å². The summed E-state index contributed by atoms with van der Waals surface area (Å²) >= 11 is 0. The van der Waals surface area contributed by atoms with Crippen LogP contribution in [0.3, 0.4) is 0 Å². The second kappa shape index (κ2) is 10.3. The Morgan fingerprint density at radius 2 is 1.12 bits per heavy atom. The molecular formula is C23H23O2P. The molecule has 0 heterocycles. The number of hydrogen-bond acceptors (Lipinski definition) is 1. The number of aliphatic carboxylic acids is 1. The van der Waals surface area contributed by atoms with Gasteiger partial charge in [0.1, 0.15) is 0 Å². The van der Waals surface area contributed by atoms with Crippen molar-refractivity contribution in [2.75, 3.05) is 0 Å². The van der Waals surface area contributed by atoms with Crippen LogP contribution in [0, 0.1) is 5.92 Å². The van der Waals surface area contributed by atoms with Crippen LogP contribution in [-0.4, -0.2) is 11.1 Å². The van der Waals surface area contributed by atoms with Crippen molar-refractivity contribution in [3.05, 3.63) is 104 Å². The Morgan fingerprint density at radius 1 is 0.808 bits per heavy atom. The molecule has 0 saturated heterocycles. The van der Waals surface area contributed by atoms with Gasteiger partial charge in [-0.3, -0.25) is 4.79 Å². The van der Waals surface area contributed by atoms with Crippen molar-refractivity contribution < 1.29 is 9.90 Å². The highest BCUT2D eigenvalue weighted by Crippen LogP contribution is 2.32. The molecule has 0 aliphatic heterocycles. The summed E-state index contributed by atoms with van der Waals surface area (Å²) in [7, 11) is -0.446. The van der Waals surface area contributed by atoms with Gasteiger partial charge >= 0.3 is 5.97 Å². The summed E-state index contributed by atoms with van der Waals surface area (Å²) in [5.74, 6) is -1.24. The molecule has 3 aromatic rings. The van der Waals surface area contributed by atoms with Crippen LogP contribution in [0.4, 0.5) is 0 Å². The molecule has 0 amide bonds. The summed E-state index contributed by atoms with van der Waals surface area (Å²) in [6.07, 6.45) is 1.39. The van der Waals surface area contributed by atoms with E-state index in [9.17, 15) is 4.79 Å². The molecule has 1 atom stereocenters. The van der Waals surface area contributed by atoms with Crippen molar-refractivity contribution in [2.45, 2.75) is 6.92 Å². The Morgan fingerprint density at radius 3 is 1.31 bits per heavy atom. The third kappa shape index (κ3) is 5.68. The third-order valence-corrected chi connectivity index (χ3v) is 6.23.